The van der Waals surface area contributed by atoms with Crippen LogP contribution in [0.5, 0.6) is 5.75 Å². The van der Waals surface area contributed by atoms with Crippen LogP contribution in [-0.2, 0) is 0 Å². The molecule has 0 aromatic carbocycles. The van der Waals surface area contributed by atoms with Gasteiger partial charge in [0, 0.05) is 61.1 Å². The molecule has 2 unspecified atom stereocenters. The van der Waals surface area contributed by atoms with E-state index in [9.17, 15) is 5.11 Å². The van der Waals surface area contributed by atoms with Gasteiger partial charge in [0.2, 0.25) is 5.78 Å². The number of aromatic hydroxyl groups is 1. The third-order valence-electron chi connectivity index (χ3n) is 5.88. The fourth-order valence-corrected chi connectivity index (χ4v) is 4.41. The van der Waals surface area contributed by atoms with Crippen LogP contribution in [0.2, 0.25) is 0 Å². The van der Waals surface area contributed by atoms with Gasteiger partial charge in [0.05, 0.1) is 5.69 Å². The Morgan fingerprint density at radius 3 is 2.73 bits per heavy atom. The second kappa shape index (κ2) is 6.46. The van der Waals surface area contributed by atoms with Gasteiger partial charge < -0.3 is 15.3 Å². The van der Waals surface area contributed by atoms with Crippen molar-refractivity contribution in [3.05, 3.63) is 48.7 Å². The van der Waals surface area contributed by atoms with Gasteiger partial charge in [-0.05, 0) is 31.5 Å². The maximum atomic E-state index is 10.6. The summed E-state index contributed by atoms with van der Waals surface area (Å²) in [6, 6.07) is 6.54. The van der Waals surface area contributed by atoms with Gasteiger partial charge in [-0.15, -0.1) is 10.2 Å². The Hall–Kier alpha value is -3.59. The van der Waals surface area contributed by atoms with Gasteiger partial charge in [0.15, 0.2) is 5.82 Å². The van der Waals surface area contributed by atoms with Gasteiger partial charge in [-0.2, -0.15) is 0 Å². The molecule has 2 fully saturated rings. The zero-order valence-corrected chi connectivity index (χ0v) is 16.4. The predicted octanol–water partition coefficient (Wildman–Crippen LogP) is 1.81. The lowest BCUT2D eigenvalue weighted by molar-refractivity contribution is 0.475. The molecule has 2 atom stereocenters. The third kappa shape index (κ3) is 2.78. The molecule has 9 heteroatoms. The molecular formula is C21H20N8O. The molecule has 2 aliphatic rings. The molecule has 2 saturated heterocycles. The largest absolute Gasteiger partial charge is 0.506 e. The molecule has 0 radical (unpaired) electrons. The van der Waals surface area contributed by atoms with E-state index in [0.29, 0.717) is 29.2 Å². The number of pyridine rings is 1. The van der Waals surface area contributed by atoms with Crippen LogP contribution in [0.1, 0.15) is 12.1 Å². The third-order valence-corrected chi connectivity index (χ3v) is 5.88. The van der Waals surface area contributed by atoms with Crippen molar-refractivity contribution in [1.82, 2.24) is 34.9 Å². The summed E-state index contributed by atoms with van der Waals surface area (Å²) in [6.07, 6.45) is 8.43. The Morgan fingerprint density at radius 1 is 1.10 bits per heavy atom. The van der Waals surface area contributed by atoms with E-state index >= 15 is 0 Å². The first-order chi connectivity index (χ1) is 14.6. The lowest BCUT2D eigenvalue weighted by atomic mass is 10.1. The van der Waals surface area contributed by atoms with Gasteiger partial charge in [-0.3, -0.25) is 4.40 Å². The second-order valence-corrected chi connectivity index (χ2v) is 7.95. The van der Waals surface area contributed by atoms with Gasteiger partial charge in [-0.25, -0.2) is 15.0 Å². The molecule has 2 bridgehead atoms. The highest BCUT2D eigenvalue weighted by Crippen LogP contribution is 2.32. The molecule has 150 valence electrons. The molecule has 4 aromatic rings. The quantitative estimate of drug-likeness (QED) is 0.537. The summed E-state index contributed by atoms with van der Waals surface area (Å²) in [4.78, 5) is 15.4. The average molecular weight is 400 g/mol. The monoisotopic (exact) mass is 400 g/mol. The number of hydrogen-bond donors (Lipinski definition) is 2. The Kier molecular flexibility index (Phi) is 3.72. The summed E-state index contributed by atoms with van der Waals surface area (Å²) < 4.78 is 1.86. The van der Waals surface area contributed by atoms with Crippen molar-refractivity contribution in [3.63, 3.8) is 0 Å². The molecule has 9 nitrogen and oxygen atoms in total. The average Bonchev–Trinajstić information content (AvgIpc) is 3.48. The number of hydrogen-bond acceptors (Lipinski definition) is 8. The Bertz CT molecular complexity index is 1250. The Morgan fingerprint density at radius 2 is 2.00 bits per heavy atom. The van der Waals surface area contributed by atoms with Crippen molar-refractivity contribution >= 4 is 11.6 Å². The highest BCUT2D eigenvalue weighted by Gasteiger charge is 2.38. The maximum Gasteiger partial charge on any atom is 0.233 e. The molecule has 2 N–H and O–H groups in total. The zero-order valence-electron chi connectivity index (χ0n) is 16.4. The molecule has 0 aliphatic carbocycles. The van der Waals surface area contributed by atoms with Gasteiger partial charge in [0.1, 0.15) is 17.1 Å². The first-order valence-corrected chi connectivity index (χ1v) is 9.99. The standard InChI is InChI=1S/C21H20N8O/c1-12-9-28-10-14(7-24-21(28)25-12)13-4-18(30)20(23-6-13)17-2-3-19(27-26-17)29-11-15-5-16(29)8-22-15/h2-4,6-7,9-10,15-16,22,30H,5,8,11H2,1H3. The van der Waals surface area contributed by atoms with Gasteiger partial charge in [-0.1, -0.05) is 0 Å². The summed E-state index contributed by atoms with van der Waals surface area (Å²) >= 11 is 0. The van der Waals surface area contributed by atoms with E-state index in [2.05, 4.69) is 35.4 Å². The van der Waals surface area contributed by atoms with E-state index in [1.54, 1.807) is 18.5 Å². The fourth-order valence-electron chi connectivity index (χ4n) is 4.41. The van der Waals surface area contributed by atoms with E-state index < -0.39 is 0 Å². The van der Waals surface area contributed by atoms with Crippen LogP contribution in [0.25, 0.3) is 28.3 Å². The number of piperazine rings is 1. The molecule has 6 rings (SSSR count). The van der Waals surface area contributed by atoms with Gasteiger partial charge in [0.25, 0.3) is 0 Å². The molecule has 6 heterocycles. The van der Waals surface area contributed by atoms with Crippen molar-refractivity contribution in [2.45, 2.75) is 25.4 Å². The lowest BCUT2D eigenvalue weighted by Crippen LogP contribution is -2.44. The topological polar surface area (TPSA) is 104 Å². The van der Waals surface area contributed by atoms with Crippen LogP contribution in [0.15, 0.2) is 43.0 Å². The number of nitrogens with one attached hydrogen (secondary N) is 1. The van der Waals surface area contributed by atoms with Crippen molar-refractivity contribution in [2.24, 2.45) is 0 Å². The summed E-state index contributed by atoms with van der Waals surface area (Å²) in [5.41, 5.74) is 3.46. The summed E-state index contributed by atoms with van der Waals surface area (Å²) in [5, 5.41) is 22.8. The molecule has 0 saturated carbocycles. The highest BCUT2D eigenvalue weighted by molar-refractivity contribution is 5.70. The van der Waals surface area contributed by atoms with Crippen LogP contribution in [0.3, 0.4) is 0 Å². The van der Waals surface area contributed by atoms with Crippen LogP contribution in [-0.4, -0.2) is 59.8 Å². The summed E-state index contributed by atoms with van der Waals surface area (Å²) in [7, 11) is 0. The first kappa shape index (κ1) is 17.3. The number of rotatable bonds is 3. The second-order valence-electron chi connectivity index (χ2n) is 7.95. The molecule has 4 aromatic heterocycles. The summed E-state index contributed by atoms with van der Waals surface area (Å²) in [5.74, 6) is 1.57. The van der Waals surface area contributed by atoms with Crippen molar-refractivity contribution < 1.29 is 5.11 Å². The normalized spacial score (nSPS) is 20.4. The first-order valence-electron chi connectivity index (χ1n) is 9.99. The minimum atomic E-state index is 0.0564. The summed E-state index contributed by atoms with van der Waals surface area (Å²) in [6.45, 7) is 3.89. The van der Waals surface area contributed by atoms with E-state index in [-0.39, 0.29) is 5.75 Å². The Balaban J connectivity index is 1.28. The highest BCUT2D eigenvalue weighted by atomic mass is 16.3. The van der Waals surface area contributed by atoms with E-state index in [1.807, 2.05) is 35.9 Å². The van der Waals surface area contributed by atoms with Crippen molar-refractivity contribution in [3.8, 4) is 28.3 Å². The van der Waals surface area contributed by atoms with Gasteiger partial charge >= 0.3 is 0 Å². The number of anilines is 1. The number of nitrogens with zero attached hydrogens (tertiary/aromatic N) is 7. The molecule has 30 heavy (non-hydrogen) atoms. The smallest absolute Gasteiger partial charge is 0.233 e. The van der Waals surface area contributed by atoms with Crippen LogP contribution < -0.4 is 10.2 Å². The number of aromatic nitrogens is 6. The molecule has 0 spiro atoms. The zero-order chi connectivity index (χ0) is 20.2. The van der Waals surface area contributed by atoms with Crippen molar-refractivity contribution in [2.75, 3.05) is 18.0 Å². The lowest BCUT2D eigenvalue weighted by Gasteiger charge is -2.27. The molecule has 0 amide bonds. The minimum absolute atomic E-state index is 0.0564. The Labute approximate surface area is 172 Å². The maximum absolute atomic E-state index is 10.6. The van der Waals surface area contributed by atoms with E-state index in [1.165, 1.54) is 0 Å². The van der Waals surface area contributed by atoms with Crippen LogP contribution >= 0.6 is 0 Å². The minimum Gasteiger partial charge on any atom is -0.506 e. The molecule has 2 aliphatic heterocycles. The van der Waals surface area contributed by atoms with E-state index in [4.69, 9.17) is 0 Å². The SMILES string of the molecule is Cc1cn2cc(-c3cnc(-c4ccc(N5CC6CC5CN6)nn4)c(O)c3)cnc2n1. The van der Waals surface area contributed by atoms with Crippen molar-refractivity contribution in [1.29, 1.82) is 0 Å². The number of aryl methyl sites for hydroxylation is 1. The van der Waals surface area contributed by atoms with E-state index in [0.717, 1.165) is 42.1 Å². The predicted molar refractivity (Wildman–Crippen MR) is 111 cm³/mol. The van der Waals surface area contributed by atoms with Crippen LogP contribution in [0, 0.1) is 6.92 Å². The number of imidazole rings is 1. The van der Waals surface area contributed by atoms with Crippen LogP contribution in [0.4, 0.5) is 5.82 Å². The number of fused-ring (bicyclic) bond motifs is 3. The molecular weight excluding hydrogens is 380 g/mol. The fraction of sp³-hybridized carbons (Fsp3) is 0.286.